The maximum absolute atomic E-state index is 3.36. The third-order valence-electron chi connectivity index (χ3n) is 2.57. The van der Waals surface area contributed by atoms with E-state index in [4.69, 9.17) is 0 Å². The van der Waals surface area contributed by atoms with E-state index in [0.29, 0.717) is 0 Å². The van der Waals surface area contributed by atoms with E-state index in [2.05, 4.69) is 41.4 Å². The van der Waals surface area contributed by atoms with Gasteiger partial charge in [0.1, 0.15) is 0 Å². The summed E-state index contributed by atoms with van der Waals surface area (Å²) < 4.78 is 0. The first kappa shape index (κ1) is 14.6. The predicted molar refractivity (Wildman–Crippen MR) is 56.3 cm³/mol. The minimum atomic E-state index is 0. The Kier molecular flexibility index (Phi) is 6.73. The van der Waals surface area contributed by atoms with Crippen LogP contribution in [0.15, 0.2) is 24.3 Å². The second kappa shape index (κ2) is 6.94. The molecule has 15 heavy (non-hydrogen) atoms. The highest BCUT2D eigenvalue weighted by Gasteiger charge is 2.10. The summed E-state index contributed by atoms with van der Waals surface area (Å²) in [6.07, 6.45) is 0. The molecule has 86 valence electrons. The molecular weight excluding hydrogens is 231 g/mol. The SMILES string of the molecule is Cc1ccccc1N1CCNCC1.[Cl-].[Cl-]. The van der Waals surface area contributed by atoms with Crippen LogP contribution in [0.1, 0.15) is 5.56 Å². The van der Waals surface area contributed by atoms with Gasteiger partial charge in [-0.2, -0.15) is 0 Å². The van der Waals surface area contributed by atoms with Crippen LogP contribution in [0.3, 0.4) is 0 Å². The van der Waals surface area contributed by atoms with Gasteiger partial charge < -0.3 is 35.0 Å². The van der Waals surface area contributed by atoms with Crippen LogP contribution in [-0.4, -0.2) is 26.2 Å². The molecular formula is C11H16Cl2N2-2. The number of piperazine rings is 1. The summed E-state index contributed by atoms with van der Waals surface area (Å²) >= 11 is 0. The Hall–Kier alpha value is -0.440. The molecule has 1 N–H and O–H groups in total. The Morgan fingerprint density at radius 2 is 1.67 bits per heavy atom. The van der Waals surface area contributed by atoms with E-state index in [1.165, 1.54) is 11.3 Å². The molecule has 1 aliphatic heterocycles. The molecule has 0 unspecified atom stereocenters. The fourth-order valence-electron chi connectivity index (χ4n) is 1.82. The molecule has 2 nitrogen and oxygen atoms in total. The number of hydrogen-bond acceptors (Lipinski definition) is 2. The molecule has 1 fully saturated rings. The first-order chi connectivity index (χ1) is 6.38. The van der Waals surface area contributed by atoms with Crippen LogP contribution in [0.4, 0.5) is 5.69 Å². The zero-order chi connectivity index (χ0) is 9.10. The minimum absolute atomic E-state index is 0. The number of aryl methyl sites for hydroxylation is 1. The molecule has 0 bridgehead atoms. The average Bonchev–Trinajstić information content (AvgIpc) is 2.20. The molecule has 0 radical (unpaired) electrons. The first-order valence-corrected chi connectivity index (χ1v) is 4.89. The third kappa shape index (κ3) is 3.56. The van der Waals surface area contributed by atoms with Gasteiger partial charge in [0.2, 0.25) is 0 Å². The summed E-state index contributed by atoms with van der Waals surface area (Å²) in [5.41, 5.74) is 2.77. The van der Waals surface area contributed by atoms with E-state index in [0.717, 1.165) is 26.2 Å². The summed E-state index contributed by atoms with van der Waals surface area (Å²) in [7, 11) is 0. The van der Waals surface area contributed by atoms with Crippen LogP contribution in [0.2, 0.25) is 0 Å². The lowest BCUT2D eigenvalue weighted by Gasteiger charge is -2.30. The van der Waals surface area contributed by atoms with E-state index in [-0.39, 0.29) is 24.8 Å². The second-order valence-corrected chi connectivity index (χ2v) is 3.52. The number of nitrogens with one attached hydrogen (secondary N) is 1. The number of halogens is 2. The molecule has 0 amide bonds. The molecule has 2 rings (SSSR count). The average molecular weight is 247 g/mol. The summed E-state index contributed by atoms with van der Waals surface area (Å²) in [5, 5.41) is 3.36. The van der Waals surface area contributed by atoms with Gasteiger partial charge >= 0.3 is 0 Å². The van der Waals surface area contributed by atoms with Gasteiger partial charge in [0, 0.05) is 31.9 Å². The minimum Gasteiger partial charge on any atom is -1.00 e. The highest BCUT2D eigenvalue weighted by molar-refractivity contribution is 5.53. The molecule has 0 aliphatic carbocycles. The smallest absolute Gasteiger partial charge is 0.0396 e. The molecule has 1 heterocycles. The Bertz CT molecular complexity index is 286. The Balaban J connectivity index is 0.000000980. The maximum atomic E-state index is 3.36. The van der Waals surface area contributed by atoms with Crippen LogP contribution < -0.4 is 35.0 Å². The number of benzene rings is 1. The quantitative estimate of drug-likeness (QED) is 0.537. The zero-order valence-corrected chi connectivity index (χ0v) is 10.4. The Morgan fingerprint density at radius 3 is 2.27 bits per heavy atom. The lowest BCUT2D eigenvalue weighted by atomic mass is 10.1. The van der Waals surface area contributed by atoms with Crippen molar-refractivity contribution in [3.63, 3.8) is 0 Å². The van der Waals surface area contributed by atoms with Crippen molar-refractivity contribution >= 4 is 5.69 Å². The zero-order valence-electron chi connectivity index (χ0n) is 8.84. The van der Waals surface area contributed by atoms with Gasteiger partial charge in [-0.1, -0.05) is 18.2 Å². The summed E-state index contributed by atoms with van der Waals surface area (Å²) in [6.45, 7) is 6.65. The maximum Gasteiger partial charge on any atom is 0.0396 e. The largest absolute Gasteiger partial charge is 1.00 e. The van der Waals surface area contributed by atoms with E-state index >= 15 is 0 Å². The summed E-state index contributed by atoms with van der Waals surface area (Å²) in [4.78, 5) is 2.45. The Labute approximate surface area is 104 Å². The second-order valence-electron chi connectivity index (χ2n) is 3.52. The van der Waals surface area contributed by atoms with Crippen molar-refractivity contribution in [2.45, 2.75) is 6.92 Å². The van der Waals surface area contributed by atoms with Gasteiger partial charge in [0.15, 0.2) is 0 Å². The number of anilines is 1. The molecule has 1 saturated heterocycles. The lowest BCUT2D eigenvalue weighted by molar-refractivity contribution is -0.001000. The van der Waals surface area contributed by atoms with Crippen molar-refractivity contribution in [1.82, 2.24) is 5.32 Å². The van der Waals surface area contributed by atoms with Gasteiger partial charge in [-0.15, -0.1) is 0 Å². The monoisotopic (exact) mass is 246 g/mol. The van der Waals surface area contributed by atoms with E-state index < -0.39 is 0 Å². The van der Waals surface area contributed by atoms with Crippen molar-refractivity contribution in [2.75, 3.05) is 31.1 Å². The van der Waals surface area contributed by atoms with Crippen LogP contribution >= 0.6 is 0 Å². The summed E-state index contributed by atoms with van der Waals surface area (Å²) in [5.74, 6) is 0. The topological polar surface area (TPSA) is 15.3 Å². The van der Waals surface area contributed by atoms with E-state index in [9.17, 15) is 0 Å². The normalized spacial score (nSPS) is 15.1. The van der Waals surface area contributed by atoms with Crippen molar-refractivity contribution in [3.05, 3.63) is 29.8 Å². The highest BCUT2D eigenvalue weighted by atomic mass is 35.5. The standard InChI is InChI=1S/C11H16N2.2ClH/c1-10-4-2-3-5-11(10)13-8-6-12-7-9-13;;/h2-5,12H,6-9H2,1H3;2*1H/p-2. The van der Waals surface area contributed by atoms with Crippen LogP contribution in [0, 0.1) is 6.92 Å². The van der Waals surface area contributed by atoms with Crippen molar-refractivity contribution < 1.29 is 24.8 Å². The molecule has 0 spiro atoms. The molecule has 1 aliphatic rings. The first-order valence-electron chi connectivity index (χ1n) is 4.89. The summed E-state index contributed by atoms with van der Waals surface area (Å²) in [6, 6.07) is 8.60. The number of nitrogens with zero attached hydrogens (tertiary/aromatic N) is 1. The number of para-hydroxylation sites is 1. The van der Waals surface area contributed by atoms with Gasteiger partial charge in [0.25, 0.3) is 0 Å². The molecule has 0 saturated carbocycles. The van der Waals surface area contributed by atoms with Gasteiger partial charge in [0.05, 0.1) is 0 Å². The molecule has 1 aromatic rings. The fraction of sp³-hybridized carbons (Fsp3) is 0.455. The molecule has 0 aromatic heterocycles. The molecule has 0 atom stereocenters. The van der Waals surface area contributed by atoms with Crippen LogP contribution in [0.5, 0.6) is 0 Å². The number of rotatable bonds is 1. The highest BCUT2D eigenvalue weighted by Crippen LogP contribution is 2.19. The fourth-order valence-corrected chi connectivity index (χ4v) is 1.82. The van der Waals surface area contributed by atoms with Crippen molar-refractivity contribution in [1.29, 1.82) is 0 Å². The van der Waals surface area contributed by atoms with Crippen molar-refractivity contribution in [3.8, 4) is 0 Å². The van der Waals surface area contributed by atoms with Gasteiger partial charge in [-0.05, 0) is 18.6 Å². The molecule has 1 aromatic carbocycles. The van der Waals surface area contributed by atoms with E-state index in [1.54, 1.807) is 0 Å². The number of hydrogen-bond donors (Lipinski definition) is 1. The van der Waals surface area contributed by atoms with Crippen molar-refractivity contribution in [2.24, 2.45) is 0 Å². The van der Waals surface area contributed by atoms with Crippen LogP contribution in [-0.2, 0) is 0 Å². The Morgan fingerprint density at radius 1 is 1.07 bits per heavy atom. The van der Waals surface area contributed by atoms with Gasteiger partial charge in [-0.3, -0.25) is 0 Å². The van der Waals surface area contributed by atoms with Crippen LogP contribution in [0.25, 0.3) is 0 Å². The predicted octanol–water partition coefficient (Wildman–Crippen LogP) is -4.59. The third-order valence-corrected chi connectivity index (χ3v) is 2.57. The van der Waals surface area contributed by atoms with Gasteiger partial charge in [-0.25, -0.2) is 0 Å². The molecule has 4 heteroatoms. The lowest BCUT2D eigenvalue weighted by Crippen LogP contribution is -3.00. The van der Waals surface area contributed by atoms with E-state index in [1.807, 2.05) is 0 Å².